The molecule has 0 radical (unpaired) electrons. The summed E-state index contributed by atoms with van der Waals surface area (Å²) in [5.41, 5.74) is -0.999. The van der Waals surface area contributed by atoms with E-state index in [1.165, 1.54) is 28.8 Å². The van der Waals surface area contributed by atoms with Crippen molar-refractivity contribution in [2.75, 3.05) is 13.2 Å². The highest BCUT2D eigenvalue weighted by atomic mass is 32.1. The van der Waals surface area contributed by atoms with Crippen molar-refractivity contribution in [3.63, 3.8) is 0 Å². The van der Waals surface area contributed by atoms with Crippen LogP contribution in [0.25, 0.3) is 33.9 Å². The topological polar surface area (TPSA) is 77.4 Å². The number of benzene rings is 2. The Balaban J connectivity index is 1.86. The molecule has 6 nitrogen and oxygen atoms in total. The zero-order chi connectivity index (χ0) is 23.2. The fourth-order valence-electron chi connectivity index (χ4n) is 3.59. The minimum absolute atomic E-state index is 0.0602. The zero-order valence-corrected chi connectivity index (χ0v) is 18.0. The molecule has 1 N–H and O–H groups in total. The van der Waals surface area contributed by atoms with Crippen LogP contribution in [0.4, 0.5) is 13.2 Å². The summed E-state index contributed by atoms with van der Waals surface area (Å²) in [6.07, 6.45) is -4.79. The van der Waals surface area contributed by atoms with Crippen LogP contribution >= 0.6 is 11.3 Å². The Labute approximate surface area is 190 Å². The van der Waals surface area contributed by atoms with Crippen LogP contribution in [0.5, 0.6) is 17.2 Å². The van der Waals surface area contributed by atoms with Gasteiger partial charge in [-0.3, -0.25) is 0 Å². The van der Waals surface area contributed by atoms with Crippen molar-refractivity contribution in [3.8, 4) is 51.2 Å². The number of thiazole rings is 1. The number of aromatic nitrogens is 3. The highest BCUT2D eigenvalue weighted by Crippen LogP contribution is 2.49. The summed E-state index contributed by atoms with van der Waals surface area (Å²) in [7, 11) is 0. The summed E-state index contributed by atoms with van der Waals surface area (Å²) in [5.74, 6) is -0.108. The summed E-state index contributed by atoms with van der Waals surface area (Å²) in [5, 5.41) is 13.1. The number of aromatic hydroxyl groups is 1. The van der Waals surface area contributed by atoms with Gasteiger partial charge in [0.05, 0.1) is 22.0 Å². The van der Waals surface area contributed by atoms with Crippen molar-refractivity contribution in [3.05, 3.63) is 58.5 Å². The lowest BCUT2D eigenvalue weighted by atomic mass is 9.99. The molecule has 5 rings (SSSR count). The second-order valence-corrected chi connectivity index (χ2v) is 8.28. The van der Waals surface area contributed by atoms with Gasteiger partial charge in [-0.1, -0.05) is 30.3 Å². The molecule has 4 aromatic rings. The third kappa shape index (κ3) is 3.86. The molecule has 2 aromatic carbocycles. The maximum Gasteiger partial charge on any atom is 0.434 e. The Hall–Kier alpha value is -3.66. The number of nitrogens with zero attached hydrogens (tertiary/aromatic N) is 3. The van der Waals surface area contributed by atoms with Gasteiger partial charge in [-0.15, -0.1) is 11.3 Å². The predicted octanol–water partition coefficient (Wildman–Crippen LogP) is 5.74. The van der Waals surface area contributed by atoms with Gasteiger partial charge in [0.15, 0.2) is 23.0 Å². The lowest BCUT2D eigenvalue weighted by molar-refractivity contribution is -0.140. The van der Waals surface area contributed by atoms with Gasteiger partial charge in [0.1, 0.15) is 13.2 Å². The molecular weight excluding hydrogens is 455 g/mol. The number of rotatable bonds is 3. The molecule has 2 aromatic heterocycles. The number of alkyl halides is 3. The van der Waals surface area contributed by atoms with Gasteiger partial charge in [-0.2, -0.15) is 13.2 Å². The highest BCUT2D eigenvalue weighted by molar-refractivity contribution is 7.09. The fourth-order valence-corrected chi connectivity index (χ4v) is 4.19. The lowest BCUT2D eigenvalue weighted by Gasteiger charge is -2.22. The first-order chi connectivity index (χ1) is 15.8. The summed E-state index contributed by atoms with van der Waals surface area (Å²) < 4.78 is 53.9. The average Bonchev–Trinajstić information content (AvgIpc) is 3.24. The zero-order valence-electron chi connectivity index (χ0n) is 17.2. The summed E-state index contributed by atoms with van der Waals surface area (Å²) in [6, 6.07) is 11.4. The number of fused-ring (bicyclic) bond motifs is 1. The molecule has 3 heterocycles. The number of phenolic OH excluding ortho intramolecular Hbond substituents is 1. The van der Waals surface area contributed by atoms with E-state index in [0.29, 0.717) is 22.9 Å². The van der Waals surface area contributed by atoms with E-state index < -0.39 is 11.9 Å². The fraction of sp³-hybridized carbons (Fsp3) is 0.174. The Bertz CT molecular complexity index is 1340. The third-order valence-electron chi connectivity index (χ3n) is 5.02. The first-order valence-electron chi connectivity index (χ1n) is 9.92. The van der Waals surface area contributed by atoms with E-state index in [-0.39, 0.29) is 46.4 Å². The van der Waals surface area contributed by atoms with Crippen molar-refractivity contribution < 1.29 is 27.8 Å². The number of hydrogen-bond acceptors (Lipinski definition) is 7. The quantitative estimate of drug-likeness (QED) is 0.411. The van der Waals surface area contributed by atoms with E-state index in [9.17, 15) is 18.3 Å². The van der Waals surface area contributed by atoms with Crippen LogP contribution in [0.2, 0.25) is 0 Å². The van der Waals surface area contributed by atoms with Crippen LogP contribution in [0.1, 0.15) is 10.7 Å². The normalized spacial score (nSPS) is 13.2. The molecule has 0 atom stereocenters. The Morgan fingerprint density at radius 3 is 2.42 bits per heavy atom. The molecule has 1 aliphatic heterocycles. The number of phenols is 1. The molecule has 0 fully saturated rings. The monoisotopic (exact) mass is 471 g/mol. The van der Waals surface area contributed by atoms with Crippen molar-refractivity contribution in [1.82, 2.24) is 15.0 Å². The Morgan fingerprint density at radius 2 is 1.73 bits per heavy atom. The van der Waals surface area contributed by atoms with Crippen molar-refractivity contribution in [2.24, 2.45) is 0 Å². The maximum absolute atomic E-state index is 14.3. The van der Waals surface area contributed by atoms with Crippen LogP contribution in [-0.4, -0.2) is 33.3 Å². The van der Waals surface area contributed by atoms with Crippen molar-refractivity contribution >= 4 is 11.3 Å². The molecule has 0 saturated carbocycles. The van der Waals surface area contributed by atoms with Gasteiger partial charge in [-0.25, -0.2) is 15.0 Å². The Kier molecular flexibility index (Phi) is 5.16. The van der Waals surface area contributed by atoms with Gasteiger partial charge in [-0.05, 0) is 19.1 Å². The molecule has 0 saturated heterocycles. The summed E-state index contributed by atoms with van der Waals surface area (Å²) in [6.45, 7) is 2.20. The smallest absolute Gasteiger partial charge is 0.434 e. The van der Waals surface area contributed by atoms with Crippen molar-refractivity contribution in [2.45, 2.75) is 13.1 Å². The summed E-state index contributed by atoms with van der Waals surface area (Å²) in [4.78, 5) is 12.6. The van der Waals surface area contributed by atoms with Gasteiger partial charge in [0, 0.05) is 16.5 Å². The molecule has 168 valence electrons. The predicted molar refractivity (Wildman–Crippen MR) is 116 cm³/mol. The first kappa shape index (κ1) is 21.2. The van der Waals surface area contributed by atoms with Crippen LogP contribution in [0.3, 0.4) is 0 Å². The number of hydrogen-bond donors (Lipinski definition) is 1. The molecule has 0 bridgehead atoms. The molecule has 0 unspecified atom stereocenters. The molecule has 0 aliphatic carbocycles. The SMILES string of the molecule is Cc1nc(-c2c(-c3ccc4c(c3O)OCCO4)nc(-c3ccccc3)nc2C(F)(F)F)cs1. The number of ether oxygens (including phenoxy) is 2. The van der Waals surface area contributed by atoms with Gasteiger partial charge in [0.25, 0.3) is 0 Å². The molecule has 10 heteroatoms. The highest BCUT2D eigenvalue weighted by Gasteiger charge is 2.39. The standard InChI is InChI=1S/C23H16F3N3O3S/c1-12-27-15(11-33-12)17-18(14-7-8-16-20(19(14)30)32-10-9-31-16)28-22(13-5-3-2-4-6-13)29-21(17)23(24,25)26/h2-8,11,30H,9-10H2,1H3. The lowest BCUT2D eigenvalue weighted by Crippen LogP contribution is -2.16. The molecule has 0 spiro atoms. The number of halogens is 3. The van der Waals surface area contributed by atoms with Crippen molar-refractivity contribution in [1.29, 1.82) is 0 Å². The second-order valence-electron chi connectivity index (χ2n) is 7.22. The average molecular weight is 471 g/mol. The summed E-state index contributed by atoms with van der Waals surface area (Å²) >= 11 is 1.21. The minimum Gasteiger partial charge on any atom is -0.504 e. The maximum atomic E-state index is 14.3. The van der Waals surface area contributed by atoms with E-state index >= 15 is 0 Å². The molecule has 1 aliphatic rings. The third-order valence-corrected chi connectivity index (χ3v) is 5.80. The molecule has 33 heavy (non-hydrogen) atoms. The largest absolute Gasteiger partial charge is 0.504 e. The van der Waals surface area contributed by atoms with Gasteiger partial charge < -0.3 is 14.6 Å². The first-order valence-corrected chi connectivity index (χ1v) is 10.8. The Morgan fingerprint density at radius 1 is 0.970 bits per heavy atom. The molecule has 0 amide bonds. The second kappa shape index (κ2) is 8.04. The van der Waals surface area contributed by atoms with E-state index in [1.54, 1.807) is 37.3 Å². The van der Waals surface area contributed by atoms with Crippen LogP contribution in [0, 0.1) is 6.92 Å². The van der Waals surface area contributed by atoms with E-state index in [4.69, 9.17) is 9.47 Å². The van der Waals surface area contributed by atoms with Crippen LogP contribution in [-0.2, 0) is 6.18 Å². The van der Waals surface area contributed by atoms with E-state index in [1.807, 2.05) is 0 Å². The van der Waals surface area contributed by atoms with Crippen LogP contribution < -0.4 is 9.47 Å². The number of aryl methyl sites for hydroxylation is 1. The van der Waals surface area contributed by atoms with Gasteiger partial charge in [0.2, 0.25) is 5.75 Å². The minimum atomic E-state index is -4.79. The van der Waals surface area contributed by atoms with Crippen LogP contribution in [0.15, 0.2) is 47.8 Å². The van der Waals surface area contributed by atoms with E-state index in [2.05, 4.69) is 15.0 Å². The van der Waals surface area contributed by atoms with Gasteiger partial charge >= 0.3 is 6.18 Å². The molecular formula is C23H16F3N3O3S. The van der Waals surface area contributed by atoms with E-state index in [0.717, 1.165) is 0 Å².